The lowest BCUT2D eigenvalue weighted by molar-refractivity contribution is -0.162. The number of carbonyl (C=O) groups excluding carboxylic acids is 4. The van der Waals surface area contributed by atoms with Crippen molar-refractivity contribution in [2.45, 2.75) is 92.4 Å². The first-order chi connectivity index (χ1) is 13.2. The highest BCUT2D eigenvalue weighted by molar-refractivity contribution is 6.05. The van der Waals surface area contributed by atoms with E-state index in [1.54, 1.807) is 20.8 Å². The Balaban J connectivity index is 3.09. The molecule has 1 aliphatic carbocycles. The van der Waals surface area contributed by atoms with Gasteiger partial charge in [0.25, 0.3) is 0 Å². The molecule has 0 saturated heterocycles. The van der Waals surface area contributed by atoms with Crippen LogP contribution in [0.15, 0.2) is 0 Å². The molecule has 0 unspecified atom stereocenters. The van der Waals surface area contributed by atoms with Crippen molar-refractivity contribution in [2.75, 3.05) is 0 Å². The Hall–Kier alpha value is -1.92. The lowest BCUT2D eigenvalue weighted by Gasteiger charge is -2.37. The molecule has 0 aromatic carbocycles. The molecule has 0 aromatic rings. The van der Waals surface area contributed by atoms with E-state index in [0.717, 1.165) is 19.3 Å². The number of amides is 1. The second kappa shape index (κ2) is 10.2. The lowest BCUT2D eigenvalue weighted by atomic mass is 9.75. The number of Topliss-reactive ketones (excluding diaryl/α,β-unsaturated/α-hetero) is 2. The Morgan fingerprint density at radius 3 is 2.00 bits per heavy atom. The molecule has 1 rings (SSSR count). The van der Waals surface area contributed by atoms with Crippen LogP contribution in [-0.2, 0) is 23.9 Å². The maximum Gasteiger partial charge on any atom is 0.408 e. The number of rotatable bonds is 7. The van der Waals surface area contributed by atoms with Crippen LogP contribution in [-0.4, -0.2) is 41.4 Å². The molecule has 166 valence electrons. The van der Waals surface area contributed by atoms with Crippen LogP contribution in [0.4, 0.5) is 4.79 Å². The molecule has 1 amide bonds. The van der Waals surface area contributed by atoms with E-state index < -0.39 is 41.2 Å². The van der Waals surface area contributed by atoms with E-state index in [0.29, 0.717) is 11.8 Å². The van der Waals surface area contributed by atoms with Crippen molar-refractivity contribution >= 4 is 23.6 Å². The normalized spacial score (nSPS) is 23.4. The van der Waals surface area contributed by atoms with E-state index in [1.807, 2.05) is 0 Å². The SMILES string of the molecule is CC(=O)C(C(C)=O)[C@H](NC(=O)OC(C)(C)C)C(=O)O[C@@H]1C[C@H](C)CC[C@H]1C(C)C. The first-order valence-electron chi connectivity index (χ1n) is 10.4. The van der Waals surface area contributed by atoms with Crippen molar-refractivity contribution in [1.82, 2.24) is 5.32 Å². The van der Waals surface area contributed by atoms with Gasteiger partial charge in [-0.3, -0.25) is 9.59 Å². The highest BCUT2D eigenvalue weighted by Crippen LogP contribution is 2.35. The first-order valence-corrected chi connectivity index (χ1v) is 10.4. The van der Waals surface area contributed by atoms with Crippen molar-refractivity contribution in [2.24, 2.45) is 23.7 Å². The zero-order chi connectivity index (χ0) is 22.5. The number of hydrogen-bond donors (Lipinski definition) is 1. The average molecular weight is 412 g/mol. The second-order valence-electron chi connectivity index (χ2n) is 9.62. The van der Waals surface area contributed by atoms with Crippen LogP contribution in [0.25, 0.3) is 0 Å². The van der Waals surface area contributed by atoms with Gasteiger partial charge in [-0.15, -0.1) is 0 Å². The fraction of sp³-hybridized carbons (Fsp3) is 0.818. The fourth-order valence-corrected chi connectivity index (χ4v) is 3.94. The lowest BCUT2D eigenvalue weighted by Crippen LogP contribution is -2.53. The van der Waals surface area contributed by atoms with Crippen LogP contribution >= 0.6 is 0 Å². The van der Waals surface area contributed by atoms with Crippen molar-refractivity contribution in [3.8, 4) is 0 Å². The third kappa shape index (κ3) is 7.78. The van der Waals surface area contributed by atoms with Gasteiger partial charge in [-0.2, -0.15) is 0 Å². The molecule has 1 saturated carbocycles. The molecule has 1 fully saturated rings. The Labute approximate surface area is 174 Å². The predicted octanol–water partition coefficient (Wildman–Crippen LogP) is 3.68. The third-order valence-corrected chi connectivity index (χ3v) is 5.36. The number of hydrogen-bond acceptors (Lipinski definition) is 6. The summed E-state index contributed by atoms with van der Waals surface area (Å²) in [6.45, 7) is 13.8. The van der Waals surface area contributed by atoms with Crippen LogP contribution in [0, 0.1) is 23.7 Å². The van der Waals surface area contributed by atoms with Gasteiger partial charge in [0, 0.05) is 0 Å². The van der Waals surface area contributed by atoms with Gasteiger partial charge in [0.1, 0.15) is 35.2 Å². The van der Waals surface area contributed by atoms with E-state index in [4.69, 9.17) is 9.47 Å². The van der Waals surface area contributed by atoms with E-state index >= 15 is 0 Å². The standard InChI is InChI=1S/C22H37NO6/c1-12(2)16-10-9-13(3)11-17(16)28-20(26)19(18(14(4)24)15(5)25)23-21(27)29-22(6,7)8/h12-13,16-19H,9-11H2,1-8H3,(H,23,27)/t13-,16+,17-,19+/m1/s1. The van der Waals surface area contributed by atoms with Crippen molar-refractivity contribution in [3.05, 3.63) is 0 Å². The highest BCUT2D eigenvalue weighted by atomic mass is 16.6. The Morgan fingerprint density at radius 2 is 1.55 bits per heavy atom. The molecule has 0 aromatic heterocycles. The van der Waals surface area contributed by atoms with Crippen molar-refractivity contribution < 1.29 is 28.7 Å². The summed E-state index contributed by atoms with van der Waals surface area (Å²) >= 11 is 0. The number of esters is 1. The molecular formula is C22H37NO6. The number of ketones is 2. The van der Waals surface area contributed by atoms with Gasteiger partial charge in [0.05, 0.1) is 0 Å². The van der Waals surface area contributed by atoms with Gasteiger partial charge in [0.15, 0.2) is 0 Å². The van der Waals surface area contributed by atoms with Gasteiger partial charge in [-0.05, 0) is 65.2 Å². The molecule has 0 aliphatic heterocycles. The van der Waals surface area contributed by atoms with Gasteiger partial charge < -0.3 is 14.8 Å². The smallest absolute Gasteiger partial charge is 0.408 e. The highest BCUT2D eigenvalue weighted by Gasteiger charge is 2.41. The number of ether oxygens (including phenoxy) is 2. The maximum absolute atomic E-state index is 13.0. The Morgan fingerprint density at radius 1 is 1.00 bits per heavy atom. The van der Waals surface area contributed by atoms with Crippen LogP contribution in [0.5, 0.6) is 0 Å². The Bertz CT molecular complexity index is 607. The van der Waals surface area contributed by atoms with E-state index in [-0.39, 0.29) is 12.0 Å². The zero-order valence-electron chi connectivity index (χ0n) is 19.0. The third-order valence-electron chi connectivity index (χ3n) is 5.36. The predicted molar refractivity (Wildman–Crippen MR) is 109 cm³/mol. The van der Waals surface area contributed by atoms with Gasteiger partial charge >= 0.3 is 12.1 Å². The minimum Gasteiger partial charge on any atom is -0.461 e. The fourth-order valence-electron chi connectivity index (χ4n) is 3.94. The molecular weight excluding hydrogens is 374 g/mol. The van der Waals surface area contributed by atoms with Gasteiger partial charge in [-0.1, -0.05) is 27.2 Å². The van der Waals surface area contributed by atoms with Gasteiger partial charge in [0.2, 0.25) is 0 Å². The average Bonchev–Trinajstić information content (AvgIpc) is 2.51. The molecule has 0 bridgehead atoms. The second-order valence-corrected chi connectivity index (χ2v) is 9.62. The molecule has 4 atom stereocenters. The van der Waals surface area contributed by atoms with E-state index in [1.165, 1.54) is 13.8 Å². The molecule has 1 N–H and O–H groups in total. The summed E-state index contributed by atoms with van der Waals surface area (Å²) in [4.78, 5) is 49.5. The molecule has 29 heavy (non-hydrogen) atoms. The molecule has 0 heterocycles. The first kappa shape index (κ1) is 25.1. The van der Waals surface area contributed by atoms with E-state index in [9.17, 15) is 19.2 Å². The van der Waals surface area contributed by atoms with Gasteiger partial charge in [-0.25, -0.2) is 9.59 Å². The topological polar surface area (TPSA) is 98.8 Å². The summed E-state index contributed by atoms with van der Waals surface area (Å²) in [5.74, 6) is -2.15. The summed E-state index contributed by atoms with van der Waals surface area (Å²) in [5, 5.41) is 2.40. The minimum atomic E-state index is -1.41. The van der Waals surface area contributed by atoms with Crippen LogP contribution < -0.4 is 5.32 Å². The quantitative estimate of drug-likeness (QED) is 0.507. The van der Waals surface area contributed by atoms with Crippen LogP contribution in [0.2, 0.25) is 0 Å². The summed E-state index contributed by atoms with van der Waals surface area (Å²) < 4.78 is 11.0. The molecule has 0 spiro atoms. The number of alkyl carbamates (subject to hydrolysis) is 1. The van der Waals surface area contributed by atoms with Crippen molar-refractivity contribution in [1.29, 1.82) is 0 Å². The number of nitrogens with one attached hydrogen (secondary N) is 1. The summed E-state index contributed by atoms with van der Waals surface area (Å²) in [6.07, 6.45) is 1.56. The van der Waals surface area contributed by atoms with Crippen LogP contribution in [0.1, 0.15) is 74.7 Å². The zero-order valence-corrected chi connectivity index (χ0v) is 19.0. The maximum atomic E-state index is 13.0. The van der Waals surface area contributed by atoms with Crippen LogP contribution in [0.3, 0.4) is 0 Å². The largest absolute Gasteiger partial charge is 0.461 e. The summed E-state index contributed by atoms with van der Waals surface area (Å²) in [6, 6.07) is -1.41. The monoisotopic (exact) mass is 411 g/mol. The minimum absolute atomic E-state index is 0.199. The molecule has 1 aliphatic rings. The molecule has 0 radical (unpaired) electrons. The van der Waals surface area contributed by atoms with Crippen molar-refractivity contribution in [3.63, 3.8) is 0 Å². The molecule has 7 heteroatoms. The summed E-state index contributed by atoms with van der Waals surface area (Å²) in [7, 11) is 0. The van der Waals surface area contributed by atoms with E-state index in [2.05, 4.69) is 26.1 Å². The number of carbonyl (C=O) groups is 4. The molecule has 7 nitrogen and oxygen atoms in total. The summed E-state index contributed by atoms with van der Waals surface area (Å²) in [5.41, 5.74) is -0.790. The Kier molecular flexibility index (Phi) is 8.84.